The van der Waals surface area contributed by atoms with Gasteiger partial charge in [0.05, 0.1) is 11.1 Å². The number of nitrogens with zero attached hydrogens (tertiary/aromatic N) is 1. The molecule has 0 unspecified atom stereocenters. The first-order valence-electron chi connectivity index (χ1n) is 8.03. The van der Waals surface area contributed by atoms with Crippen molar-refractivity contribution in [3.05, 3.63) is 82.5 Å². The van der Waals surface area contributed by atoms with Gasteiger partial charge in [0.25, 0.3) is 11.8 Å². The van der Waals surface area contributed by atoms with Crippen LogP contribution in [0, 0.1) is 5.82 Å². The highest BCUT2D eigenvalue weighted by Gasteiger charge is 2.35. The fourth-order valence-corrected chi connectivity index (χ4v) is 3.67. The lowest BCUT2D eigenvalue weighted by atomic mass is 10.1. The zero-order valence-corrected chi connectivity index (χ0v) is 14.7. The predicted octanol–water partition coefficient (Wildman–Crippen LogP) is 3.96. The summed E-state index contributed by atoms with van der Waals surface area (Å²) in [4.78, 5) is 38.8. The van der Waals surface area contributed by atoms with Crippen molar-refractivity contribution in [1.82, 2.24) is 4.90 Å². The van der Waals surface area contributed by atoms with E-state index in [2.05, 4.69) is 0 Å². The van der Waals surface area contributed by atoms with Gasteiger partial charge < -0.3 is 4.74 Å². The lowest BCUT2D eigenvalue weighted by molar-refractivity contribution is 0.0232. The number of hydrogen-bond acceptors (Lipinski definition) is 5. The zero-order valence-electron chi connectivity index (χ0n) is 13.8. The summed E-state index contributed by atoms with van der Waals surface area (Å²) < 4.78 is 18.2. The minimum Gasteiger partial charge on any atom is -0.439 e. The highest BCUT2D eigenvalue weighted by atomic mass is 32.1. The van der Waals surface area contributed by atoms with Crippen LogP contribution >= 0.6 is 11.3 Å². The van der Waals surface area contributed by atoms with E-state index in [1.54, 1.807) is 48.5 Å². The summed E-state index contributed by atoms with van der Waals surface area (Å²) in [5, 5.41) is 0. The van der Waals surface area contributed by atoms with Crippen molar-refractivity contribution >= 4 is 29.1 Å². The normalized spacial score (nSPS) is 13.0. The summed E-state index contributed by atoms with van der Waals surface area (Å²) in [6.07, 6.45) is 0. The van der Waals surface area contributed by atoms with Crippen molar-refractivity contribution < 1.29 is 23.5 Å². The van der Waals surface area contributed by atoms with Gasteiger partial charge in [0.1, 0.15) is 10.7 Å². The van der Waals surface area contributed by atoms with Crippen LogP contribution in [0.15, 0.2) is 60.7 Å². The molecular weight excluding hydrogens is 369 g/mol. The van der Waals surface area contributed by atoms with E-state index in [0.29, 0.717) is 16.0 Å². The SMILES string of the molecule is O=C(OCN1C(=O)c2ccccc2C1=O)c1ccc(-c2ccc(F)cc2)s1. The Labute approximate surface area is 157 Å². The molecule has 0 radical (unpaired) electrons. The number of halogens is 1. The Morgan fingerprint density at radius 1 is 0.926 bits per heavy atom. The number of rotatable bonds is 4. The van der Waals surface area contributed by atoms with Gasteiger partial charge in [-0.15, -0.1) is 11.3 Å². The first-order chi connectivity index (χ1) is 13.0. The van der Waals surface area contributed by atoms with Crippen LogP contribution < -0.4 is 0 Å². The molecule has 0 fully saturated rings. The molecule has 1 aromatic heterocycles. The first-order valence-corrected chi connectivity index (χ1v) is 8.84. The summed E-state index contributed by atoms with van der Waals surface area (Å²) in [5.41, 5.74) is 1.38. The van der Waals surface area contributed by atoms with Crippen LogP contribution in [0.4, 0.5) is 4.39 Å². The molecule has 7 heteroatoms. The van der Waals surface area contributed by atoms with E-state index in [-0.39, 0.29) is 5.82 Å². The second-order valence-corrected chi connectivity index (χ2v) is 6.90. The molecule has 0 aliphatic carbocycles. The molecule has 27 heavy (non-hydrogen) atoms. The Kier molecular flexibility index (Phi) is 4.29. The van der Waals surface area contributed by atoms with Crippen LogP contribution in [0.2, 0.25) is 0 Å². The average Bonchev–Trinajstić information content (AvgIpc) is 3.26. The standard InChI is InChI=1S/C20H12FNO4S/c21-13-7-5-12(6-8-13)16-9-10-17(27-16)20(25)26-11-22-18(23)14-3-1-2-4-15(14)19(22)24/h1-10H,11H2. The van der Waals surface area contributed by atoms with E-state index in [1.807, 2.05) is 0 Å². The Bertz CT molecular complexity index is 1020. The third-order valence-corrected chi connectivity index (χ3v) is 5.25. The van der Waals surface area contributed by atoms with Crippen molar-refractivity contribution in [3.63, 3.8) is 0 Å². The van der Waals surface area contributed by atoms with Crippen molar-refractivity contribution in [2.24, 2.45) is 0 Å². The smallest absolute Gasteiger partial charge is 0.350 e. The van der Waals surface area contributed by atoms with Crippen LogP contribution in [0.3, 0.4) is 0 Å². The van der Waals surface area contributed by atoms with Crippen LogP contribution in [-0.2, 0) is 4.74 Å². The molecule has 134 valence electrons. The van der Waals surface area contributed by atoms with Crippen LogP contribution in [-0.4, -0.2) is 29.4 Å². The van der Waals surface area contributed by atoms with Gasteiger partial charge >= 0.3 is 5.97 Å². The largest absolute Gasteiger partial charge is 0.439 e. The van der Waals surface area contributed by atoms with Crippen molar-refractivity contribution in [1.29, 1.82) is 0 Å². The predicted molar refractivity (Wildman–Crippen MR) is 96.9 cm³/mol. The number of thiophene rings is 1. The lowest BCUT2D eigenvalue weighted by Gasteiger charge is -2.13. The molecule has 2 heterocycles. The first kappa shape index (κ1) is 17.1. The molecule has 0 N–H and O–H groups in total. The molecule has 0 atom stereocenters. The van der Waals surface area contributed by atoms with Gasteiger partial charge in [-0.2, -0.15) is 0 Å². The summed E-state index contributed by atoms with van der Waals surface area (Å²) >= 11 is 1.19. The molecule has 2 amide bonds. The van der Waals surface area contributed by atoms with Gasteiger partial charge in [0.15, 0.2) is 6.73 Å². The molecule has 1 aliphatic rings. The molecular formula is C20H12FNO4S. The Balaban J connectivity index is 1.44. The number of carbonyl (C=O) groups is 3. The van der Waals surface area contributed by atoms with Crippen LogP contribution in [0.1, 0.15) is 30.4 Å². The molecule has 5 nitrogen and oxygen atoms in total. The number of imide groups is 1. The molecule has 4 rings (SSSR count). The minimum atomic E-state index is -0.634. The fourth-order valence-electron chi connectivity index (χ4n) is 2.77. The Hall–Kier alpha value is -3.32. The topological polar surface area (TPSA) is 63.7 Å². The maximum absolute atomic E-state index is 13.0. The number of hydrogen-bond donors (Lipinski definition) is 0. The average molecular weight is 381 g/mol. The quantitative estimate of drug-likeness (QED) is 0.507. The van der Waals surface area contributed by atoms with Crippen LogP contribution in [0.5, 0.6) is 0 Å². The van der Waals surface area contributed by atoms with Crippen LogP contribution in [0.25, 0.3) is 10.4 Å². The maximum atomic E-state index is 13.0. The monoisotopic (exact) mass is 381 g/mol. The molecule has 2 aromatic carbocycles. The molecule has 0 bridgehead atoms. The number of fused-ring (bicyclic) bond motifs is 1. The van der Waals surface area contributed by atoms with Gasteiger partial charge in [-0.25, -0.2) is 14.1 Å². The van der Waals surface area contributed by atoms with Gasteiger partial charge in [0.2, 0.25) is 0 Å². The summed E-state index contributed by atoms with van der Waals surface area (Å²) in [6.45, 7) is -0.449. The highest BCUT2D eigenvalue weighted by molar-refractivity contribution is 7.17. The second-order valence-electron chi connectivity index (χ2n) is 5.82. The third kappa shape index (κ3) is 3.13. The molecule has 0 saturated heterocycles. The van der Waals surface area contributed by atoms with Crippen molar-refractivity contribution in [2.45, 2.75) is 0 Å². The summed E-state index contributed by atoms with van der Waals surface area (Å²) in [7, 11) is 0. The second kappa shape index (κ2) is 6.77. The molecule has 1 aliphatic heterocycles. The van der Waals surface area contributed by atoms with E-state index in [9.17, 15) is 18.8 Å². The summed E-state index contributed by atoms with van der Waals surface area (Å²) in [6, 6.07) is 15.7. The zero-order chi connectivity index (χ0) is 19.0. The fraction of sp³-hybridized carbons (Fsp3) is 0.0500. The number of esters is 1. The van der Waals surface area contributed by atoms with E-state index in [4.69, 9.17) is 4.74 Å². The van der Waals surface area contributed by atoms with Gasteiger partial charge in [-0.1, -0.05) is 24.3 Å². The lowest BCUT2D eigenvalue weighted by Crippen LogP contribution is -2.33. The van der Waals surface area contributed by atoms with Crippen molar-refractivity contribution in [3.8, 4) is 10.4 Å². The minimum absolute atomic E-state index is 0.299. The summed E-state index contributed by atoms with van der Waals surface area (Å²) in [5.74, 6) is -1.94. The van der Waals surface area contributed by atoms with E-state index >= 15 is 0 Å². The number of amides is 2. The van der Waals surface area contributed by atoms with Gasteiger partial charge in [-0.3, -0.25) is 9.59 Å². The van der Waals surface area contributed by atoms with E-state index in [1.165, 1.54) is 23.5 Å². The van der Waals surface area contributed by atoms with E-state index < -0.39 is 24.5 Å². The third-order valence-electron chi connectivity index (χ3n) is 4.14. The van der Waals surface area contributed by atoms with E-state index in [0.717, 1.165) is 15.3 Å². The molecule has 0 spiro atoms. The molecule has 0 saturated carbocycles. The Morgan fingerprint density at radius 2 is 1.56 bits per heavy atom. The number of benzene rings is 2. The number of ether oxygens (including phenoxy) is 1. The Morgan fingerprint density at radius 3 is 2.19 bits per heavy atom. The molecule has 3 aromatic rings. The number of carbonyl (C=O) groups excluding carboxylic acids is 3. The highest BCUT2D eigenvalue weighted by Crippen LogP contribution is 2.29. The van der Waals surface area contributed by atoms with Gasteiger partial charge in [-0.05, 0) is 42.0 Å². The van der Waals surface area contributed by atoms with Crippen molar-refractivity contribution in [2.75, 3.05) is 6.73 Å². The van der Waals surface area contributed by atoms with Gasteiger partial charge in [0, 0.05) is 4.88 Å². The maximum Gasteiger partial charge on any atom is 0.350 e.